The summed E-state index contributed by atoms with van der Waals surface area (Å²) >= 11 is 3.26. The van der Waals surface area contributed by atoms with Crippen LogP contribution in [0.15, 0.2) is 47.2 Å². The van der Waals surface area contributed by atoms with Crippen LogP contribution in [0.1, 0.15) is 11.1 Å². The van der Waals surface area contributed by atoms with Crippen molar-refractivity contribution < 1.29 is 9.18 Å². The van der Waals surface area contributed by atoms with Crippen molar-refractivity contribution >= 4 is 21.8 Å². The zero-order valence-corrected chi connectivity index (χ0v) is 11.7. The van der Waals surface area contributed by atoms with Crippen LogP contribution >= 0.6 is 15.9 Å². The number of benzene rings is 1. The predicted molar refractivity (Wildman–Crippen MR) is 73.9 cm³/mol. The van der Waals surface area contributed by atoms with E-state index >= 15 is 0 Å². The van der Waals surface area contributed by atoms with Gasteiger partial charge < -0.3 is 5.32 Å². The maximum Gasteiger partial charge on any atom is 0.224 e. The number of pyridine rings is 1. The highest BCUT2D eigenvalue weighted by molar-refractivity contribution is 9.10. The lowest BCUT2D eigenvalue weighted by Gasteiger charge is -2.06. The van der Waals surface area contributed by atoms with Crippen molar-refractivity contribution in [2.24, 2.45) is 0 Å². The Balaban J connectivity index is 1.93. The van der Waals surface area contributed by atoms with Crippen LogP contribution in [0.2, 0.25) is 0 Å². The number of nitrogens with one attached hydrogen (secondary N) is 1. The summed E-state index contributed by atoms with van der Waals surface area (Å²) in [4.78, 5) is 15.6. The van der Waals surface area contributed by atoms with E-state index in [9.17, 15) is 9.18 Å². The molecule has 1 aromatic carbocycles. The summed E-state index contributed by atoms with van der Waals surface area (Å²) in [7, 11) is 0. The Kier molecular flexibility index (Phi) is 4.63. The van der Waals surface area contributed by atoms with Crippen LogP contribution in [0.3, 0.4) is 0 Å². The molecule has 1 heterocycles. The highest BCUT2D eigenvalue weighted by Crippen LogP contribution is 2.16. The molecule has 0 saturated heterocycles. The van der Waals surface area contributed by atoms with Crippen molar-refractivity contribution in [1.29, 1.82) is 0 Å². The molecule has 0 aliphatic rings. The number of amides is 1. The maximum atomic E-state index is 13.5. The van der Waals surface area contributed by atoms with Crippen LogP contribution in [0.4, 0.5) is 4.39 Å². The average Bonchev–Trinajstić information content (AvgIpc) is 2.42. The fourth-order valence-electron chi connectivity index (χ4n) is 1.62. The standard InChI is InChI=1S/C14H12BrFN2O/c15-12-1-2-13(16)11(7-12)8-14(19)18-9-10-3-5-17-6-4-10/h1-7H,8-9H2,(H,18,19). The molecule has 1 amide bonds. The predicted octanol–water partition coefficient (Wildman–Crippen LogP) is 2.84. The lowest BCUT2D eigenvalue weighted by atomic mass is 10.1. The molecule has 5 heteroatoms. The number of hydrogen-bond acceptors (Lipinski definition) is 2. The van der Waals surface area contributed by atoms with Crippen molar-refractivity contribution in [2.75, 3.05) is 0 Å². The van der Waals surface area contributed by atoms with E-state index in [1.807, 2.05) is 12.1 Å². The fourth-order valence-corrected chi connectivity index (χ4v) is 2.02. The van der Waals surface area contributed by atoms with Gasteiger partial charge in [0, 0.05) is 23.4 Å². The van der Waals surface area contributed by atoms with E-state index in [4.69, 9.17) is 0 Å². The quantitative estimate of drug-likeness (QED) is 0.940. The Morgan fingerprint density at radius 3 is 2.74 bits per heavy atom. The minimum Gasteiger partial charge on any atom is -0.352 e. The van der Waals surface area contributed by atoms with Gasteiger partial charge in [0.1, 0.15) is 5.82 Å². The van der Waals surface area contributed by atoms with Gasteiger partial charge in [-0.3, -0.25) is 9.78 Å². The number of halogens is 2. The van der Waals surface area contributed by atoms with Crippen LogP contribution in [-0.2, 0) is 17.8 Å². The molecule has 0 fully saturated rings. The Morgan fingerprint density at radius 2 is 2.00 bits per heavy atom. The third-order valence-electron chi connectivity index (χ3n) is 2.60. The number of carbonyl (C=O) groups is 1. The molecule has 0 bridgehead atoms. The zero-order chi connectivity index (χ0) is 13.7. The Hall–Kier alpha value is -1.75. The van der Waals surface area contributed by atoms with E-state index < -0.39 is 0 Å². The first-order valence-corrected chi connectivity index (χ1v) is 6.54. The van der Waals surface area contributed by atoms with Crippen molar-refractivity contribution in [3.8, 4) is 0 Å². The smallest absolute Gasteiger partial charge is 0.224 e. The molecule has 98 valence electrons. The topological polar surface area (TPSA) is 42.0 Å². The van der Waals surface area contributed by atoms with Gasteiger partial charge in [-0.05, 0) is 41.5 Å². The van der Waals surface area contributed by atoms with Gasteiger partial charge in [0.25, 0.3) is 0 Å². The molecule has 0 spiro atoms. The molecule has 0 unspecified atom stereocenters. The van der Waals surface area contributed by atoms with Crippen molar-refractivity contribution in [1.82, 2.24) is 10.3 Å². The SMILES string of the molecule is O=C(Cc1cc(Br)ccc1F)NCc1ccncc1. The number of aromatic nitrogens is 1. The first-order chi connectivity index (χ1) is 9.15. The molecule has 0 aliphatic carbocycles. The van der Waals surface area contributed by atoms with Gasteiger partial charge in [-0.2, -0.15) is 0 Å². The second kappa shape index (κ2) is 6.43. The first-order valence-electron chi connectivity index (χ1n) is 5.74. The van der Waals surface area contributed by atoms with Gasteiger partial charge in [0.2, 0.25) is 5.91 Å². The Labute approximate surface area is 119 Å². The molecule has 0 atom stereocenters. The molecule has 3 nitrogen and oxygen atoms in total. The third-order valence-corrected chi connectivity index (χ3v) is 3.09. The summed E-state index contributed by atoms with van der Waals surface area (Å²) in [6.07, 6.45) is 3.35. The molecule has 0 aliphatic heterocycles. The lowest BCUT2D eigenvalue weighted by Crippen LogP contribution is -2.24. The monoisotopic (exact) mass is 322 g/mol. The molecule has 2 aromatic rings. The number of hydrogen-bond donors (Lipinski definition) is 1. The molecule has 19 heavy (non-hydrogen) atoms. The summed E-state index contributed by atoms with van der Waals surface area (Å²) in [6.45, 7) is 0.414. The molecular formula is C14H12BrFN2O. The van der Waals surface area contributed by atoms with Crippen LogP contribution in [0.25, 0.3) is 0 Å². The van der Waals surface area contributed by atoms with Gasteiger partial charge >= 0.3 is 0 Å². The summed E-state index contributed by atoms with van der Waals surface area (Å²) in [5.74, 6) is -0.587. The van der Waals surface area contributed by atoms with Crippen LogP contribution in [0, 0.1) is 5.82 Å². The minimum atomic E-state index is -0.373. The molecular weight excluding hydrogens is 311 g/mol. The third kappa shape index (κ3) is 4.13. The molecule has 0 radical (unpaired) electrons. The number of rotatable bonds is 4. The number of carbonyl (C=O) groups excluding carboxylic acids is 1. The summed E-state index contributed by atoms with van der Waals surface area (Å²) < 4.78 is 14.2. The average molecular weight is 323 g/mol. The maximum absolute atomic E-state index is 13.5. The van der Waals surface area contributed by atoms with Gasteiger partial charge in [0.05, 0.1) is 6.42 Å². The van der Waals surface area contributed by atoms with E-state index in [-0.39, 0.29) is 18.1 Å². The van der Waals surface area contributed by atoms with Crippen molar-refractivity contribution in [3.63, 3.8) is 0 Å². The first kappa shape index (κ1) is 13.7. The molecule has 1 aromatic heterocycles. The number of nitrogens with zero attached hydrogens (tertiary/aromatic N) is 1. The lowest BCUT2D eigenvalue weighted by molar-refractivity contribution is -0.120. The van der Waals surface area contributed by atoms with E-state index in [2.05, 4.69) is 26.2 Å². The van der Waals surface area contributed by atoms with E-state index in [0.29, 0.717) is 12.1 Å². The largest absolute Gasteiger partial charge is 0.352 e. The molecule has 0 saturated carbocycles. The van der Waals surface area contributed by atoms with Crippen LogP contribution in [-0.4, -0.2) is 10.9 Å². The van der Waals surface area contributed by atoms with Crippen molar-refractivity contribution in [2.45, 2.75) is 13.0 Å². The Bertz CT molecular complexity index is 575. The van der Waals surface area contributed by atoms with Gasteiger partial charge in [-0.25, -0.2) is 4.39 Å². The van der Waals surface area contributed by atoms with Crippen molar-refractivity contribution in [3.05, 3.63) is 64.1 Å². The summed E-state index contributed by atoms with van der Waals surface area (Å²) in [5.41, 5.74) is 1.33. The van der Waals surface area contributed by atoms with E-state index in [1.165, 1.54) is 6.07 Å². The molecule has 2 rings (SSSR count). The summed E-state index contributed by atoms with van der Waals surface area (Å²) in [6, 6.07) is 8.20. The fraction of sp³-hybridized carbons (Fsp3) is 0.143. The highest BCUT2D eigenvalue weighted by atomic mass is 79.9. The van der Waals surface area contributed by atoms with Crippen LogP contribution in [0.5, 0.6) is 0 Å². The zero-order valence-electron chi connectivity index (χ0n) is 10.1. The van der Waals surface area contributed by atoms with E-state index in [0.717, 1.165) is 10.0 Å². The Morgan fingerprint density at radius 1 is 1.26 bits per heavy atom. The summed E-state index contributed by atoms with van der Waals surface area (Å²) in [5, 5.41) is 2.75. The van der Waals surface area contributed by atoms with Crippen LogP contribution < -0.4 is 5.32 Å². The highest BCUT2D eigenvalue weighted by Gasteiger charge is 2.08. The second-order valence-corrected chi connectivity index (χ2v) is 4.96. The molecule has 1 N–H and O–H groups in total. The second-order valence-electron chi connectivity index (χ2n) is 4.04. The van der Waals surface area contributed by atoms with Gasteiger partial charge in [0.15, 0.2) is 0 Å². The minimum absolute atomic E-state index is 0.0242. The normalized spacial score (nSPS) is 10.2. The van der Waals surface area contributed by atoms with Gasteiger partial charge in [-0.15, -0.1) is 0 Å². The van der Waals surface area contributed by atoms with E-state index in [1.54, 1.807) is 24.5 Å². The van der Waals surface area contributed by atoms with Gasteiger partial charge in [-0.1, -0.05) is 15.9 Å².